The van der Waals surface area contributed by atoms with Crippen LogP contribution in [0, 0.1) is 0 Å². The third kappa shape index (κ3) is 1.99. The number of rotatable bonds is 1. The van der Waals surface area contributed by atoms with Crippen molar-refractivity contribution in [1.29, 1.82) is 0 Å². The van der Waals surface area contributed by atoms with Gasteiger partial charge in [0.25, 0.3) is 0 Å². The highest BCUT2D eigenvalue weighted by Gasteiger charge is 2.62. The van der Waals surface area contributed by atoms with Gasteiger partial charge in [-0.15, -0.1) is 0 Å². The van der Waals surface area contributed by atoms with Crippen molar-refractivity contribution in [3.63, 3.8) is 0 Å². The molecule has 1 aliphatic carbocycles. The predicted molar refractivity (Wildman–Crippen MR) is 77.7 cm³/mol. The summed E-state index contributed by atoms with van der Waals surface area (Å²) in [5.74, 6) is 0. The lowest BCUT2D eigenvalue weighted by Gasteiger charge is -2.20. The SMILES string of the molecule is CC(C)(C)c1ccc(C2(C)CC2(Br)Br)cc1. The van der Waals surface area contributed by atoms with Gasteiger partial charge in [0.05, 0.1) is 3.23 Å². The van der Waals surface area contributed by atoms with Crippen molar-refractivity contribution in [3.05, 3.63) is 35.4 Å². The van der Waals surface area contributed by atoms with Crippen molar-refractivity contribution >= 4 is 31.9 Å². The molecule has 2 rings (SSSR count). The Kier molecular flexibility index (Phi) is 2.83. The Balaban J connectivity index is 2.28. The van der Waals surface area contributed by atoms with E-state index in [0.29, 0.717) is 0 Å². The van der Waals surface area contributed by atoms with Crippen molar-refractivity contribution in [1.82, 2.24) is 0 Å². The molecule has 1 saturated carbocycles. The van der Waals surface area contributed by atoms with Crippen LogP contribution in [0.25, 0.3) is 0 Å². The molecule has 0 spiro atoms. The highest BCUT2D eigenvalue weighted by Crippen LogP contribution is 2.66. The third-order valence-corrected chi connectivity index (χ3v) is 5.96. The van der Waals surface area contributed by atoms with Crippen LogP contribution in [0.3, 0.4) is 0 Å². The second-order valence-electron chi connectivity index (χ2n) is 6.04. The molecule has 16 heavy (non-hydrogen) atoms. The molecule has 1 aliphatic rings. The monoisotopic (exact) mass is 344 g/mol. The molecule has 0 heterocycles. The van der Waals surface area contributed by atoms with Crippen LogP contribution in [-0.2, 0) is 10.8 Å². The summed E-state index contributed by atoms with van der Waals surface area (Å²) in [4.78, 5) is 0. The van der Waals surface area contributed by atoms with Gasteiger partial charge in [-0.3, -0.25) is 0 Å². The maximum absolute atomic E-state index is 3.72. The normalized spacial score (nSPS) is 27.9. The minimum atomic E-state index is 0.107. The fourth-order valence-corrected chi connectivity index (χ4v) is 3.63. The molecule has 0 amide bonds. The molecular formula is C14H18Br2. The summed E-state index contributed by atoms with van der Waals surface area (Å²) < 4.78 is 0.107. The molecule has 88 valence electrons. The molecule has 2 heteroatoms. The Hall–Kier alpha value is 0.180. The zero-order chi connectivity index (χ0) is 12.2. The lowest BCUT2D eigenvalue weighted by Crippen LogP contribution is -2.13. The summed E-state index contributed by atoms with van der Waals surface area (Å²) in [7, 11) is 0. The van der Waals surface area contributed by atoms with Gasteiger partial charge in [-0.1, -0.05) is 83.8 Å². The molecular weight excluding hydrogens is 328 g/mol. The highest BCUT2D eigenvalue weighted by atomic mass is 79.9. The summed E-state index contributed by atoms with van der Waals surface area (Å²) in [6, 6.07) is 9.06. The first kappa shape index (κ1) is 12.6. The molecule has 1 aromatic carbocycles. The van der Waals surface area contributed by atoms with Gasteiger partial charge >= 0.3 is 0 Å². The largest absolute Gasteiger partial charge is 0.0908 e. The Labute approximate surface area is 115 Å². The highest BCUT2D eigenvalue weighted by molar-refractivity contribution is 9.25. The van der Waals surface area contributed by atoms with E-state index in [0.717, 1.165) is 6.42 Å². The maximum atomic E-state index is 3.72. The standard InChI is InChI=1S/C14H18Br2/c1-12(2,3)10-5-7-11(8-6-10)13(4)9-14(13,15)16/h5-8H,9H2,1-4H3. The van der Waals surface area contributed by atoms with Gasteiger partial charge in [0.1, 0.15) is 0 Å². The quantitative estimate of drug-likeness (QED) is 0.619. The third-order valence-electron chi connectivity index (χ3n) is 3.65. The van der Waals surface area contributed by atoms with Gasteiger partial charge in [0.2, 0.25) is 0 Å². The number of hydrogen-bond acceptors (Lipinski definition) is 0. The number of halogens is 2. The Morgan fingerprint density at radius 3 is 1.81 bits per heavy atom. The molecule has 0 N–H and O–H groups in total. The molecule has 1 atom stereocenters. The molecule has 0 aromatic heterocycles. The van der Waals surface area contributed by atoms with E-state index in [1.807, 2.05) is 0 Å². The van der Waals surface area contributed by atoms with Crippen LogP contribution in [0.1, 0.15) is 45.2 Å². The molecule has 0 aliphatic heterocycles. The van der Waals surface area contributed by atoms with Gasteiger partial charge in [-0.05, 0) is 23.0 Å². The fraction of sp³-hybridized carbons (Fsp3) is 0.571. The van der Waals surface area contributed by atoms with Gasteiger partial charge < -0.3 is 0 Å². The van der Waals surface area contributed by atoms with Crippen LogP contribution in [0.4, 0.5) is 0 Å². The molecule has 0 bridgehead atoms. The molecule has 0 nitrogen and oxygen atoms in total. The lowest BCUT2D eigenvalue weighted by molar-refractivity contribution is 0.589. The first-order valence-corrected chi connectivity index (χ1v) is 7.24. The van der Waals surface area contributed by atoms with E-state index in [1.165, 1.54) is 11.1 Å². The van der Waals surface area contributed by atoms with Crippen LogP contribution < -0.4 is 0 Å². The minimum absolute atomic E-state index is 0.107. The van der Waals surface area contributed by atoms with Crippen LogP contribution >= 0.6 is 31.9 Å². The molecule has 1 aromatic rings. The summed E-state index contributed by atoms with van der Waals surface area (Å²) in [6.07, 6.45) is 1.15. The van der Waals surface area contributed by atoms with Crippen LogP contribution in [0.15, 0.2) is 24.3 Å². The topological polar surface area (TPSA) is 0 Å². The van der Waals surface area contributed by atoms with E-state index in [4.69, 9.17) is 0 Å². The van der Waals surface area contributed by atoms with Crippen molar-refractivity contribution in [3.8, 4) is 0 Å². The van der Waals surface area contributed by atoms with E-state index in [-0.39, 0.29) is 14.1 Å². The molecule has 1 fully saturated rings. The zero-order valence-electron chi connectivity index (χ0n) is 10.3. The first-order valence-electron chi connectivity index (χ1n) is 5.66. The predicted octanol–water partition coefficient (Wildman–Crippen LogP) is 5.13. The summed E-state index contributed by atoms with van der Waals surface area (Å²) in [6.45, 7) is 9.04. The molecule has 0 radical (unpaired) electrons. The number of hydrogen-bond donors (Lipinski definition) is 0. The smallest absolute Gasteiger partial charge is 0.0717 e. The number of alkyl halides is 2. The van der Waals surface area contributed by atoms with Crippen molar-refractivity contribution < 1.29 is 0 Å². The number of benzene rings is 1. The van der Waals surface area contributed by atoms with E-state index in [9.17, 15) is 0 Å². The zero-order valence-corrected chi connectivity index (χ0v) is 13.4. The molecule has 1 unspecified atom stereocenters. The fourth-order valence-electron chi connectivity index (χ4n) is 2.05. The summed E-state index contributed by atoms with van der Waals surface area (Å²) in [5, 5.41) is 0. The van der Waals surface area contributed by atoms with E-state index in [2.05, 4.69) is 83.8 Å². The van der Waals surface area contributed by atoms with Crippen molar-refractivity contribution in [2.45, 2.75) is 48.2 Å². The average Bonchev–Trinajstić information content (AvgIpc) is 2.66. The Morgan fingerprint density at radius 1 is 1.06 bits per heavy atom. The Bertz CT molecular complexity index is 398. The minimum Gasteiger partial charge on any atom is -0.0717 e. The summed E-state index contributed by atoms with van der Waals surface area (Å²) >= 11 is 7.44. The van der Waals surface area contributed by atoms with Gasteiger partial charge in [0.15, 0.2) is 0 Å². The first-order chi connectivity index (χ1) is 7.17. The van der Waals surface area contributed by atoms with Crippen LogP contribution in [-0.4, -0.2) is 3.23 Å². The average molecular weight is 346 g/mol. The lowest BCUT2D eigenvalue weighted by atomic mass is 9.85. The molecule has 0 saturated heterocycles. The second-order valence-corrected chi connectivity index (χ2v) is 9.81. The van der Waals surface area contributed by atoms with E-state index >= 15 is 0 Å². The maximum Gasteiger partial charge on any atom is 0.0908 e. The Morgan fingerprint density at radius 2 is 1.50 bits per heavy atom. The van der Waals surface area contributed by atoms with Gasteiger partial charge in [0, 0.05) is 5.41 Å². The second kappa shape index (κ2) is 3.58. The van der Waals surface area contributed by atoms with Crippen LogP contribution in [0.2, 0.25) is 0 Å². The van der Waals surface area contributed by atoms with Crippen LogP contribution in [0.5, 0.6) is 0 Å². The summed E-state index contributed by atoms with van der Waals surface area (Å²) in [5.41, 5.74) is 3.29. The van der Waals surface area contributed by atoms with Gasteiger partial charge in [-0.2, -0.15) is 0 Å². The van der Waals surface area contributed by atoms with E-state index in [1.54, 1.807) is 0 Å². The van der Waals surface area contributed by atoms with Crippen molar-refractivity contribution in [2.75, 3.05) is 0 Å². The van der Waals surface area contributed by atoms with Gasteiger partial charge in [-0.25, -0.2) is 0 Å². The van der Waals surface area contributed by atoms with Crippen molar-refractivity contribution in [2.24, 2.45) is 0 Å². The van der Waals surface area contributed by atoms with E-state index < -0.39 is 0 Å².